The Hall–Kier alpha value is -5.44. The number of amides is 1. The Morgan fingerprint density at radius 2 is 1.24 bits per heavy atom. The van der Waals surface area contributed by atoms with E-state index in [2.05, 4.69) is 23.5 Å². The standard InChI is InChI=1S/C37H40N2O7/c1-4-36(41)45-24-8-6-22-43-32-16-10-29(11-17-32)14-21-35(40)39-34-20-15-31(26-28(34)3)38-27-30-12-18-33(19-13-30)44-23-7-9-25-46-37(42)5-2/h4-5,10-21,26-27H,1-2,6-9,22-25H2,3H3,(H,39,40). The first kappa shape index (κ1) is 35.0. The summed E-state index contributed by atoms with van der Waals surface area (Å²) in [5, 5.41) is 2.91. The number of nitrogens with one attached hydrogen (secondary N) is 1. The zero-order valence-electron chi connectivity index (χ0n) is 26.1. The van der Waals surface area contributed by atoms with Crippen LogP contribution in [0.2, 0.25) is 0 Å². The van der Waals surface area contributed by atoms with Gasteiger partial charge in [-0.05, 0) is 110 Å². The second-order valence-corrected chi connectivity index (χ2v) is 10.1. The van der Waals surface area contributed by atoms with Gasteiger partial charge in [0, 0.05) is 30.1 Å². The van der Waals surface area contributed by atoms with Gasteiger partial charge in [0.1, 0.15) is 11.5 Å². The molecule has 0 unspecified atom stereocenters. The van der Waals surface area contributed by atoms with Crippen LogP contribution in [0.1, 0.15) is 42.4 Å². The Labute approximate surface area is 270 Å². The third-order valence-corrected chi connectivity index (χ3v) is 6.45. The minimum Gasteiger partial charge on any atom is -0.494 e. The molecule has 1 N–H and O–H groups in total. The zero-order chi connectivity index (χ0) is 33.0. The number of ether oxygens (including phenoxy) is 4. The molecule has 0 aliphatic carbocycles. The van der Waals surface area contributed by atoms with Gasteiger partial charge in [-0.1, -0.05) is 25.3 Å². The van der Waals surface area contributed by atoms with Crippen molar-refractivity contribution in [2.45, 2.75) is 32.6 Å². The predicted molar refractivity (Wildman–Crippen MR) is 181 cm³/mol. The van der Waals surface area contributed by atoms with Crippen molar-refractivity contribution in [2.24, 2.45) is 4.99 Å². The summed E-state index contributed by atoms with van der Waals surface area (Å²) < 4.78 is 21.3. The highest BCUT2D eigenvalue weighted by molar-refractivity contribution is 6.02. The fourth-order valence-corrected chi connectivity index (χ4v) is 3.94. The Morgan fingerprint density at radius 3 is 1.76 bits per heavy atom. The van der Waals surface area contributed by atoms with E-state index >= 15 is 0 Å². The summed E-state index contributed by atoms with van der Waals surface area (Å²) in [5.41, 5.74) is 4.15. The van der Waals surface area contributed by atoms with Crippen molar-refractivity contribution in [1.29, 1.82) is 0 Å². The number of rotatable bonds is 19. The average Bonchev–Trinajstić information content (AvgIpc) is 3.07. The van der Waals surface area contributed by atoms with Gasteiger partial charge in [-0.2, -0.15) is 0 Å². The van der Waals surface area contributed by atoms with E-state index in [1.807, 2.05) is 73.7 Å². The molecule has 1 amide bonds. The molecular formula is C37H40N2O7. The SMILES string of the molecule is C=CC(=O)OCCCCOc1ccc(C=CC(=O)Nc2ccc(N=Cc3ccc(OCCCCOC(=O)C=C)cc3)cc2C)cc1. The fourth-order valence-electron chi connectivity index (χ4n) is 3.94. The minimum atomic E-state index is -0.421. The zero-order valence-corrected chi connectivity index (χ0v) is 26.1. The monoisotopic (exact) mass is 624 g/mol. The van der Waals surface area contributed by atoms with Crippen LogP contribution in [0, 0.1) is 6.92 Å². The number of hydrogen-bond acceptors (Lipinski definition) is 8. The normalized spacial score (nSPS) is 10.8. The van der Waals surface area contributed by atoms with Crippen LogP contribution < -0.4 is 14.8 Å². The number of nitrogens with zero attached hydrogens (tertiary/aromatic N) is 1. The molecule has 0 aliphatic rings. The Bertz CT molecular complexity index is 1510. The lowest BCUT2D eigenvalue weighted by atomic mass is 10.1. The van der Waals surface area contributed by atoms with Crippen LogP contribution in [0.3, 0.4) is 0 Å². The molecule has 3 aromatic carbocycles. The number of unbranched alkanes of at least 4 members (excludes halogenated alkanes) is 2. The number of carbonyl (C=O) groups excluding carboxylic acids is 3. The van der Waals surface area contributed by atoms with Crippen LogP contribution in [0.4, 0.5) is 11.4 Å². The van der Waals surface area contributed by atoms with Crippen LogP contribution in [0.25, 0.3) is 6.08 Å². The van der Waals surface area contributed by atoms with E-state index in [1.54, 1.807) is 12.3 Å². The van der Waals surface area contributed by atoms with Gasteiger partial charge in [0.05, 0.1) is 32.1 Å². The number of anilines is 1. The van der Waals surface area contributed by atoms with Crippen molar-refractivity contribution < 1.29 is 33.3 Å². The van der Waals surface area contributed by atoms with Crippen molar-refractivity contribution in [1.82, 2.24) is 0 Å². The van der Waals surface area contributed by atoms with E-state index in [9.17, 15) is 14.4 Å². The molecule has 9 nitrogen and oxygen atoms in total. The van der Waals surface area contributed by atoms with Gasteiger partial charge >= 0.3 is 11.9 Å². The molecule has 0 bridgehead atoms. The minimum absolute atomic E-state index is 0.240. The van der Waals surface area contributed by atoms with Crippen molar-refractivity contribution in [3.05, 3.63) is 115 Å². The molecule has 3 rings (SSSR count). The Morgan fingerprint density at radius 1 is 0.717 bits per heavy atom. The number of aryl methyl sites for hydroxylation is 1. The second-order valence-electron chi connectivity index (χ2n) is 10.1. The topological polar surface area (TPSA) is 113 Å². The third-order valence-electron chi connectivity index (χ3n) is 6.45. The molecule has 0 heterocycles. The molecule has 0 atom stereocenters. The van der Waals surface area contributed by atoms with E-state index in [-0.39, 0.29) is 5.91 Å². The Balaban J connectivity index is 1.39. The molecule has 0 aromatic heterocycles. The molecular weight excluding hydrogens is 584 g/mol. The van der Waals surface area contributed by atoms with Gasteiger partial charge in [0.15, 0.2) is 0 Å². The highest BCUT2D eigenvalue weighted by atomic mass is 16.5. The lowest BCUT2D eigenvalue weighted by molar-refractivity contribution is -0.138. The average molecular weight is 625 g/mol. The summed E-state index contributed by atoms with van der Waals surface area (Å²) in [7, 11) is 0. The molecule has 0 aliphatic heterocycles. The molecule has 240 valence electrons. The van der Waals surface area contributed by atoms with Gasteiger partial charge in [0.2, 0.25) is 5.91 Å². The van der Waals surface area contributed by atoms with E-state index in [1.165, 1.54) is 6.08 Å². The summed E-state index contributed by atoms with van der Waals surface area (Å²) in [6.45, 7) is 10.4. The van der Waals surface area contributed by atoms with Gasteiger partial charge in [-0.15, -0.1) is 0 Å². The first-order valence-corrected chi connectivity index (χ1v) is 15.0. The highest BCUT2D eigenvalue weighted by Crippen LogP contribution is 2.22. The first-order valence-electron chi connectivity index (χ1n) is 15.0. The first-order chi connectivity index (χ1) is 22.4. The van der Waals surface area contributed by atoms with Crippen molar-refractivity contribution in [3.8, 4) is 11.5 Å². The van der Waals surface area contributed by atoms with E-state index in [0.29, 0.717) is 38.5 Å². The highest BCUT2D eigenvalue weighted by Gasteiger charge is 2.04. The van der Waals surface area contributed by atoms with E-state index < -0.39 is 11.9 Å². The second kappa shape index (κ2) is 19.8. The number of benzene rings is 3. The number of hydrogen-bond donors (Lipinski definition) is 1. The van der Waals surface area contributed by atoms with Crippen molar-refractivity contribution in [3.63, 3.8) is 0 Å². The van der Waals surface area contributed by atoms with E-state index in [0.717, 1.165) is 65.3 Å². The maximum absolute atomic E-state index is 12.5. The number of carbonyl (C=O) groups is 3. The third kappa shape index (κ3) is 13.5. The molecule has 3 aromatic rings. The van der Waals surface area contributed by atoms with Crippen molar-refractivity contribution >= 4 is 41.5 Å². The summed E-state index contributed by atoms with van der Waals surface area (Å²) in [5.74, 6) is 0.404. The lowest BCUT2D eigenvalue weighted by Gasteiger charge is -2.08. The molecule has 9 heteroatoms. The molecule has 0 spiro atoms. The molecule has 46 heavy (non-hydrogen) atoms. The maximum Gasteiger partial charge on any atom is 0.330 e. The smallest absolute Gasteiger partial charge is 0.330 e. The number of aliphatic imine (C=N–C) groups is 1. The van der Waals surface area contributed by atoms with Crippen LogP contribution in [0.5, 0.6) is 11.5 Å². The summed E-state index contributed by atoms with van der Waals surface area (Å²) in [4.78, 5) is 39.1. The van der Waals surface area contributed by atoms with Crippen LogP contribution in [0.15, 0.2) is 103 Å². The van der Waals surface area contributed by atoms with Gasteiger partial charge in [-0.3, -0.25) is 9.79 Å². The fraction of sp³-hybridized carbons (Fsp3) is 0.243. The van der Waals surface area contributed by atoms with Crippen LogP contribution in [-0.2, 0) is 23.9 Å². The van der Waals surface area contributed by atoms with Crippen LogP contribution >= 0.6 is 0 Å². The molecule has 0 radical (unpaired) electrons. The maximum atomic E-state index is 12.5. The van der Waals surface area contributed by atoms with Gasteiger partial charge < -0.3 is 24.3 Å². The molecule has 0 saturated carbocycles. The van der Waals surface area contributed by atoms with Gasteiger partial charge in [0.25, 0.3) is 0 Å². The quantitative estimate of drug-likeness (QED) is 0.0651. The molecule has 0 saturated heterocycles. The van der Waals surface area contributed by atoms with Gasteiger partial charge in [-0.25, -0.2) is 9.59 Å². The van der Waals surface area contributed by atoms with Crippen LogP contribution in [-0.4, -0.2) is 50.5 Å². The summed E-state index contributed by atoms with van der Waals surface area (Å²) in [6.07, 6.45) is 10.2. The number of esters is 2. The van der Waals surface area contributed by atoms with Crippen molar-refractivity contribution in [2.75, 3.05) is 31.7 Å². The Kier molecular flexibility index (Phi) is 15.1. The lowest BCUT2D eigenvalue weighted by Crippen LogP contribution is -2.08. The van der Waals surface area contributed by atoms with E-state index in [4.69, 9.17) is 18.9 Å². The largest absolute Gasteiger partial charge is 0.494 e. The summed E-state index contributed by atoms with van der Waals surface area (Å²) >= 11 is 0. The predicted octanol–water partition coefficient (Wildman–Crippen LogP) is 7.17. The molecule has 0 fully saturated rings. The summed E-state index contributed by atoms with van der Waals surface area (Å²) in [6, 6.07) is 20.6.